The quantitative estimate of drug-likeness (QED) is 0.620. The Morgan fingerprint density at radius 3 is 2.14 bits per heavy atom. The van der Waals surface area contributed by atoms with Crippen LogP contribution in [0.15, 0.2) is 12.1 Å². The van der Waals surface area contributed by atoms with E-state index >= 15 is 0 Å². The summed E-state index contributed by atoms with van der Waals surface area (Å²) in [6, 6.07) is 2.53. The van der Waals surface area contributed by atoms with Crippen molar-refractivity contribution in [3.63, 3.8) is 0 Å². The van der Waals surface area contributed by atoms with Gasteiger partial charge in [0.2, 0.25) is 5.91 Å². The highest BCUT2D eigenvalue weighted by Crippen LogP contribution is 2.32. The van der Waals surface area contributed by atoms with Crippen LogP contribution in [0.5, 0.6) is 0 Å². The molecule has 0 saturated carbocycles. The lowest BCUT2D eigenvalue weighted by molar-refractivity contribution is -0.121. The molecule has 7 nitrogen and oxygen atoms in total. The van der Waals surface area contributed by atoms with E-state index < -0.39 is 16.3 Å². The van der Waals surface area contributed by atoms with Crippen LogP contribution in [0, 0.1) is 0 Å². The number of nitrogens with zero attached hydrogens (tertiary/aromatic N) is 3. The van der Waals surface area contributed by atoms with Gasteiger partial charge in [0.15, 0.2) is 0 Å². The van der Waals surface area contributed by atoms with Crippen molar-refractivity contribution in [1.29, 1.82) is 0 Å². The minimum absolute atomic E-state index is 0.250. The van der Waals surface area contributed by atoms with E-state index in [0.29, 0.717) is 60.0 Å². The summed E-state index contributed by atoms with van der Waals surface area (Å²) in [6.07, 6.45) is 0. The van der Waals surface area contributed by atoms with Crippen molar-refractivity contribution >= 4 is 56.6 Å². The van der Waals surface area contributed by atoms with Crippen LogP contribution in [-0.2, 0) is 15.0 Å². The number of halogens is 3. The van der Waals surface area contributed by atoms with Gasteiger partial charge in [-0.05, 0) is 19.1 Å². The van der Waals surface area contributed by atoms with Gasteiger partial charge >= 0.3 is 0 Å². The first-order valence-corrected chi connectivity index (χ1v) is 11.6. The van der Waals surface area contributed by atoms with Crippen molar-refractivity contribution in [3.05, 3.63) is 27.2 Å². The minimum atomic E-state index is -3.46. The molecule has 1 aliphatic rings. The lowest BCUT2D eigenvalue weighted by Gasteiger charge is -2.38. The molecule has 1 aromatic carbocycles. The van der Waals surface area contributed by atoms with Gasteiger partial charge in [-0.3, -0.25) is 9.69 Å². The molecule has 11 heteroatoms. The zero-order chi connectivity index (χ0) is 21.1. The Labute approximate surface area is 181 Å². The van der Waals surface area contributed by atoms with Crippen molar-refractivity contribution in [2.45, 2.75) is 26.8 Å². The van der Waals surface area contributed by atoms with Crippen LogP contribution in [0.25, 0.3) is 0 Å². The van der Waals surface area contributed by atoms with Crippen molar-refractivity contribution in [1.82, 2.24) is 13.5 Å². The van der Waals surface area contributed by atoms with E-state index in [1.807, 2.05) is 18.7 Å². The summed E-state index contributed by atoms with van der Waals surface area (Å²) >= 11 is 18.0. The Balaban J connectivity index is 1.99. The Kier molecular flexibility index (Phi) is 8.39. The topological polar surface area (TPSA) is 73.0 Å². The molecule has 1 fully saturated rings. The maximum Gasteiger partial charge on any atom is 0.282 e. The molecule has 28 heavy (non-hydrogen) atoms. The molecule has 0 aliphatic carbocycles. The van der Waals surface area contributed by atoms with E-state index in [2.05, 4.69) is 5.32 Å². The summed E-state index contributed by atoms with van der Waals surface area (Å²) in [7, 11) is -3.46. The molecule has 0 bridgehead atoms. The van der Waals surface area contributed by atoms with Gasteiger partial charge in [-0.25, -0.2) is 0 Å². The third kappa shape index (κ3) is 5.30. The lowest BCUT2D eigenvalue weighted by atomic mass is 10.2. The summed E-state index contributed by atoms with van der Waals surface area (Å²) < 4.78 is 28.1. The SMILES string of the molecule is CCN(CC)S(=O)(=O)N1CCN(C(C)C(=O)Nc2cc(Cl)c(Cl)cc2Cl)CC1. The largest absolute Gasteiger partial charge is 0.323 e. The third-order valence-electron chi connectivity index (χ3n) is 4.83. The molecule has 2 rings (SSSR count). The zero-order valence-electron chi connectivity index (χ0n) is 16.1. The number of hydrogen-bond acceptors (Lipinski definition) is 4. The first kappa shape index (κ1) is 23.7. The van der Waals surface area contributed by atoms with Crippen molar-refractivity contribution in [3.8, 4) is 0 Å². The van der Waals surface area contributed by atoms with E-state index in [0.717, 1.165) is 0 Å². The second-order valence-electron chi connectivity index (χ2n) is 6.44. The standard InChI is InChI=1S/C17H25Cl3N4O3S/c1-4-23(5-2)28(26,27)24-8-6-22(7-9-24)12(3)17(25)21-16-11-14(19)13(18)10-15(16)20/h10-12H,4-9H2,1-3H3,(H,21,25). The number of carbonyl (C=O) groups is 1. The summed E-state index contributed by atoms with van der Waals surface area (Å²) in [5, 5.41) is 3.66. The Bertz CT molecular complexity index is 810. The molecule has 1 N–H and O–H groups in total. The number of carbonyl (C=O) groups excluding carboxylic acids is 1. The van der Waals surface area contributed by atoms with E-state index in [4.69, 9.17) is 34.8 Å². The minimum Gasteiger partial charge on any atom is -0.323 e. The van der Waals surface area contributed by atoms with Crippen LogP contribution >= 0.6 is 34.8 Å². The molecule has 1 amide bonds. The van der Waals surface area contributed by atoms with Crippen LogP contribution in [-0.4, -0.2) is 73.1 Å². The number of nitrogens with one attached hydrogen (secondary N) is 1. The monoisotopic (exact) mass is 470 g/mol. The molecule has 0 radical (unpaired) electrons. The number of hydrogen-bond donors (Lipinski definition) is 1. The van der Waals surface area contributed by atoms with Gasteiger partial charge in [0.25, 0.3) is 10.2 Å². The number of piperazine rings is 1. The predicted molar refractivity (Wildman–Crippen MR) is 115 cm³/mol. The Hall–Kier alpha value is -0.610. The number of anilines is 1. The molecule has 158 valence electrons. The molecule has 1 heterocycles. The van der Waals surface area contributed by atoms with Gasteiger partial charge in [-0.1, -0.05) is 48.7 Å². The van der Waals surface area contributed by atoms with Crippen LogP contribution in [0.1, 0.15) is 20.8 Å². The highest BCUT2D eigenvalue weighted by molar-refractivity contribution is 7.86. The third-order valence-corrected chi connectivity index (χ3v) is 8.05. The van der Waals surface area contributed by atoms with Crippen LogP contribution < -0.4 is 5.32 Å². The predicted octanol–water partition coefficient (Wildman–Crippen LogP) is 3.18. The summed E-state index contributed by atoms with van der Waals surface area (Å²) in [5.41, 5.74) is 0.385. The Morgan fingerprint density at radius 2 is 1.61 bits per heavy atom. The fourth-order valence-electron chi connectivity index (χ4n) is 3.06. The summed E-state index contributed by atoms with van der Waals surface area (Å²) in [6.45, 7) is 7.87. The first-order valence-electron chi connectivity index (χ1n) is 9.06. The van der Waals surface area contributed by atoms with Gasteiger partial charge in [0.1, 0.15) is 0 Å². The maximum atomic E-state index is 12.6. The van der Waals surface area contributed by atoms with Crippen molar-refractivity contribution in [2.75, 3.05) is 44.6 Å². The van der Waals surface area contributed by atoms with E-state index in [1.54, 1.807) is 6.92 Å². The molecule has 0 aromatic heterocycles. The summed E-state index contributed by atoms with van der Waals surface area (Å²) in [4.78, 5) is 14.6. The van der Waals surface area contributed by atoms with Crippen molar-refractivity contribution < 1.29 is 13.2 Å². The average Bonchev–Trinajstić information content (AvgIpc) is 2.66. The molecule has 0 spiro atoms. The van der Waals surface area contributed by atoms with Gasteiger partial charge in [-0.2, -0.15) is 17.0 Å². The maximum absolute atomic E-state index is 12.6. The highest BCUT2D eigenvalue weighted by Gasteiger charge is 2.33. The molecular formula is C17H25Cl3N4O3S. The van der Waals surface area contributed by atoms with E-state index in [-0.39, 0.29) is 5.91 Å². The van der Waals surface area contributed by atoms with Crippen LogP contribution in [0.3, 0.4) is 0 Å². The smallest absolute Gasteiger partial charge is 0.282 e. The van der Waals surface area contributed by atoms with E-state index in [1.165, 1.54) is 20.7 Å². The van der Waals surface area contributed by atoms with Crippen LogP contribution in [0.2, 0.25) is 15.1 Å². The number of benzene rings is 1. The van der Waals surface area contributed by atoms with Crippen molar-refractivity contribution in [2.24, 2.45) is 0 Å². The normalized spacial score (nSPS) is 17.7. The fraction of sp³-hybridized carbons (Fsp3) is 0.588. The molecule has 1 unspecified atom stereocenters. The van der Waals surface area contributed by atoms with Gasteiger partial charge < -0.3 is 5.32 Å². The van der Waals surface area contributed by atoms with Gasteiger partial charge in [0.05, 0.1) is 26.8 Å². The first-order chi connectivity index (χ1) is 13.1. The molecule has 1 atom stereocenters. The number of amides is 1. The molecule has 1 saturated heterocycles. The van der Waals surface area contributed by atoms with Gasteiger partial charge in [-0.15, -0.1) is 0 Å². The number of rotatable bonds is 7. The highest BCUT2D eigenvalue weighted by atomic mass is 35.5. The lowest BCUT2D eigenvalue weighted by Crippen LogP contribution is -2.56. The fourth-order valence-corrected chi connectivity index (χ4v) is 5.25. The molecular weight excluding hydrogens is 447 g/mol. The summed E-state index contributed by atoms with van der Waals surface area (Å²) in [5.74, 6) is -0.250. The second kappa shape index (κ2) is 9.93. The molecule has 1 aromatic rings. The zero-order valence-corrected chi connectivity index (χ0v) is 19.2. The Morgan fingerprint density at radius 1 is 1.07 bits per heavy atom. The van der Waals surface area contributed by atoms with Gasteiger partial charge in [0, 0.05) is 39.3 Å². The van der Waals surface area contributed by atoms with E-state index in [9.17, 15) is 13.2 Å². The average molecular weight is 472 g/mol. The molecule has 1 aliphatic heterocycles. The van der Waals surface area contributed by atoms with Crippen LogP contribution in [0.4, 0.5) is 5.69 Å². The second-order valence-corrected chi connectivity index (χ2v) is 9.59.